The average Bonchev–Trinajstić information content (AvgIpc) is 2.75. The Hall–Kier alpha value is -1.90. The molecule has 1 aromatic carbocycles. The minimum atomic E-state index is -0.219. The Morgan fingerprint density at radius 2 is 1.91 bits per heavy atom. The van der Waals surface area contributed by atoms with E-state index in [-0.39, 0.29) is 28.9 Å². The number of allylic oxidation sites excluding steroid dienone is 1. The van der Waals surface area contributed by atoms with Crippen LogP contribution in [-0.4, -0.2) is 11.7 Å². The van der Waals surface area contributed by atoms with Crippen molar-refractivity contribution >= 4 is 11.7 Å². The van der Waals surface area contributed by atoms with E-state index in [1.165, 1.54) is 5.56 Å². The number of fused-ring (bicyclic) bond motifs is 1. The summed E-state index contributed by atoms with van der Waals surface area (Å²) < 4.78 is 0. The minimum Gasteiger partial charge on any atom is -0.330 e. The molecule has 1 aliphatic heterocycles. The number of hydrogen-bond donors (Lipinski definition) is 1. The van der Waals surface area contributed by atoms with Gasteiger partial charge >= 0.3 is 0 Å². The van der Waals surface area contributed by atoms with Gasteiger partial charge in [0.1, 0.15) is 0 Å². The molecule has 2 aliphatic rings. The second kappa shape index (κ2) is 5.08. The van der Waals surface area contributed by atoms with Crippen LogP contribution in [0.2, 0.25) is 0 Å². The van der Waals surface area contributed by atoms with E-state index in [9.17, 15) is 9.59 Å². The quantitative estimate of drug-likeness (QED) is 0.863. The highest BCUT2D eigenvalue weighted by atomic mass is 16.2. The van der Waals surface area contributed by atoms with Crippen LogP contribution in [0.25, 0.3) is 0 Å². The second-order valence-corrected chi connectivity index (χ2v) is 7.53. The summed E-state index contributed by atoms with van der Waals surface area (Å²) in [6, 6.07) is 6.13. The Kier molecular flexibility index (Phi) is 3.47. The third kappa shape index (κ3) is 2.49. The van der Waals surface area contributed by atoms with Gasteiger partial charge in [0.25, 0.3) is 0 Å². The number of carbonyl (C=O) groups excluding carboxylic acids is 2. The van der Waals surface area contributed by atoms with Crippen molar-refractivity contribution in [2.24, 2.45) is 11.8 Å². The summed E-state index contributed by atoms with van der Waals surface area (Å²) in [5, 5.41) is 2.80. The largest absolute Gasteiger partial charge is 0.330 e. The van der Waals surface area contributed by atoms with Crippen molar-refractivity contribution in [3.05, 3.63) is 47.2 Å². The zero-order valence-electron chi connectivity index (χ0n) is 13.5. The van der Waals surface area contributed by atoms with Gasteiger partial charge < -0.3 is 5.32 Å². The van der Waals surface area contributed by atoms with Gasteiger partial charge in [-0.3, -0.25) is 9.59 Å². The number of rotatable bonds is 1. The second-order valence-electron chi connectivity index (χ2n) is 7.53. The zero-order chi connectivity index (χ0) is 16.1. The molecule has 0 radical (unpaired) electrons. The van der Waals surface area contributed by atoms with Crippen molar-refractivity contribution in [2.75, 3.05) is 0 Å². The molecule has 0 saturated carbocycles. The fourth-order valence-electron chi connectivity index (χ4n) is 3.50. The minimum absolute atomic E-state index is 0.0431. The molecule has 3 heteroatoms. The normalized spacial score (nSPS) is 25.1. The van der Waals surface area contributed by atoms with Crippen LogP contribution < -0.4 is 5.32 Å². The number of nitrogens with one attached hydrogen (secondary N) is 1. The fraction of sp³-hybridized carbons (Fsp3) is 0.474. The van der Waals surface area contributed by atoms with Gasteiger partial charge in [0, 0.05) is 23.1 Å². The Bertz CT molecular complexity index is 667. The van der Waals surface area contributed by atoms with Crippen molar-refractivity contribution in [3.8, 4) is 0 Å². The summed E-state index contributed by atoms with van der Waals surface area (Å²) in [6.07, 6.45) is 2.17. The standard InChI is InChI=1S/C19H23NO2/c1-11-5-7-15(18(22)20-11)16-10-12-9-13(19(2,3)4)6-8-14(12)17(16)21/h6,8-9,15-16H,1,5,7,10H2,2-4H3,(H,20,22). The first kappa shape index (κ1) is 15.0. The van der Waals surface area contributed by atoms with Gasteiger partial charge in [-0.15, -0.1) is 0 Å². The van der Waals surface area contributed by atoms with Gasteiger partial charge in [-0.2, -0.15) is 0 Å². The lowest BCUT2D eigenvalue weighted by Gasteiger charge is -2.27. The average molecular weight is 297 g/mol. The SMILES string of the molecule is C=C1CCC(C2Cc3cc(C(C)(C)C)ccc3C2=O)C(=O)N1. The van der Waals surface area contributed by atoms with Crippen LogP contribution in [-0.2, 0) is 16.6 Å². The molecule has 1 fully saturated rings. The smallest absolute Gasteiger partial charge is 0.227 e. The maximum Gasteiger partial charge on any atom is 0.227 e. The molecule has 1 aromatic rings. The molecule has 1 saturated heterocycles. The third-order valence-electron chi connectivity index (χ3n) is 4.89. The van der Waals surface area contributed by atoms with Crippen LogP contribution in [0.4, 0.5) is 0 Å². The molecule has 1 N–H and O–H groups in total. The molecular weight excluding hydrogens is 274 g/mol. The first-order valence-corrected chi connectivity index (χ1v) is 7.93. The van der Waals surface area contributed by atoms with E-state index in [2.05, 4.69) is 38.7 Å². The number of carbonyl (C=O) groups is 2. The van der Waals surface area contributed by atoms with Crippen LogP contribution in [0.3, 0.4) is 0 Å². The van der Waals surface area contributed by atoms with E-state index in [4.69, 9.17) is 0 Å². The Balaban J connectivity index is 1.88. The van der Waals surface area contributed by atoms with Crippen molar-refractivity contribution in [1.29, 1.82) is 0 Å². The number of benzene rings is 1. The Morgan fingerprint density at radius 3 is 2.55 bits per heavy atom. The number of Topliss-reactive ketones (excluding diaryl/α,β-unsaturated/α-hetero) is 1. The molecule has 2 unspecified atom stereocenters. The molecule has 0 spiro atoms. The summed E-state index contributed by atoms with van der Waals surface area (Å²) in [4.78, 5) is 24.9. The van der Waals surface area contributed by atoms with Crippen molar-refractivity contribution in [3.63, 3.8) is 0 Å². The molecule has 0 aromatic heterocycles. The number of piperidine rings is 1. The zero-order valence-corrected chi connectivity index (χ0v) is 13.5. The highest BCUT2D eigenvalue weighted by Crippen LogP contribution is 2.37. The molecule has 1 aliphatic carbocycles. The molecule has 1 heterocycles. The van der Waals surface area contributed by atoms with Gasteiger partial charge in [-0.1, -0.05) is 45.5 Å². The van der Waals surface area contributed by atoms with Crippen molar-refractivity contribution in [2.45, 2.75) is 45.4 Å². The van der Waals surface area contributed by atoms with E-state index in [0.29, 0.717) is 6.42 Å². The molecule has 3 nitrogen and oxygen atoms in total. The number of amides is 1. The lowest BCUT2D eigenvalue weighted by Crippen LogP contribution is -2.40. The topological polar surface area (TPSA) is 46.2 Å². The molecule has 116 valence electrons. The highest BCUT2D eigenvalue weighted by Gasteiger charge is 2.41. The van der Waals surface area contributed by atoms with E-state index in [0.717, 1.165) is 29.7 Å². The molecular formula is C19H23NO2. The molecule has 0 bridgehead atoms. The summed E-state index contributed by atoms with van der Waals surface area (Å²) in [7, 11) is 0. The molecule has 1 amide bonds. The lowest BCUT2D eigenvalue weighted by atomic mass is 9.82. The summed E-state index contributed by atoms with van der Waals surface area (Å²) in [5.41, 5.74) is 3.96. The first-order valence-electron chi connectivity index (χ1n) is 7.93. The predicted molar refractivity (Wildman–Crippen MR) is 86.7 cm³/mol. The summed E-state index contributed by atoms with van der Waals surface area (Å²) in [6.45, 7) is 10.3. The van der Waals surface area contributed by atoms with Gasteiger partial charge in [0.05, 0.1) is 0 Å². The molecule has 22 heavy (non-hydrogen) atoms. The predicted octanol–water partition coefficient (Wildman–Crippen LogP) is 3.38. The van der Waals surface area contributed by atoms with Gasteiger partial charge in [0.15, 0.2) is 5.78 Å². The Labute approximate surface area is 131 Å². The Morgan fingerprint density at radius 1 is 1.18 bits per heavy atom. The maximum atomic E-state index is 12.7. The van der Waals surface area contributed by atoms with E-state index < -0.39 is 0 Å². The summed E-state index contributed by atoms with van der Waals surface area (Å²) >= 11 is 0. The monoisotopic (exact) mass is 297 g/mol. The van der Waals surface area contributed by atoms with Crippen LogP contribution in [0.5, 0.6) is 0 Å². The van der Waals surface area contributed by atoms with Crippen molar-refractivity contribution < 1.29 is 9.59 Å². The number of hydrogen-bond acceptors (Lipinski definition) is 2. The molecule has 2 atom stereocenters. The third-order valence-corrected chi connectivity index (χ3v) is 4.89. The van der Waals surface area contributed by atoms with Gasteiger partial charge in [0.2, 0.25) is 5.91 Å². The van der Waals surface area contributed by atoms with E-state index in [1.807, 2.05) is 12.1 Å². The summed E-state index contributed by atoms with van der Waals surface area (Å²) in [5.74, 6) is -0.344. The molecule has 3 rings (SSSR count). The van der Waals surface area contributed by atoms with Crippen molar-refractivity contribution in [1.82, 2.24) is 5.32 Å². The van der Waals surface area contributed by atoms with Crippen LogP contribution in [0.15, 0.2) is 30.5 Å². The highest BCUT2D eigenvalue weighted by molar-refractivity contribution is 6.04. The van der Waals surface area contributed by atoms with Gasteiger partial charge in [-0.05, 0) is 35.8 Å². The van der Waals surface area contributed by atoms with E-state index >= 15 is 0 Å². The lowest BCUT2D eigenvalue weighted by molar-refractivity contribution is -0.126. The fourth-order valence-corrected chi connectivity index (χ4v) is 3.50. The van der Waals surface area contributed by atoms with Gasteiger partial charge in [-0.25, -0.2) is 0 Å². The first-order chi connectivity index (χ1) is 10.3. The van der Waals surface area contributed by atoms with Crippen LogP contribution in [0, 0.1) is 11.8 Å². The van der Waals surface area contributed by atoms with Crippen LogP contribution >= 0.6 is 0 Å². The maximum absolute atomic E-state index is 12.7. The van der Waals surface area contributed by atoms with Crippen LogP contribution in [0.1, 0.15) is 55.1 Å². The van der Waals surface area contributed by atoms with E-state index in [1.54, 1.807) is 0 Å². The number of ketones is 1.